The summed E-state index contributed by atoms with van der Waals surface area (Å²) in [5.74, 6) is 0.532. The molecule has 0 spiro atoms. The van der Waals surface area contributed by atoms with Crippen molar-refractivity contribution in [3.8, 4) is 11.6 Å². The predicted molar refractivity (Wildman–Crippen MR) is 91.3 cm³/mol. The first kappa shape index (κ1) is 17.2. The van der Waals surface area contributed by atoms with Gasteiger partial charge in [-0.1, -0.05) is 0 Å². The van der Waals surface area contributed by atoms with E-state index in [-0.39, 0.29) is 17.8 Å². The summed E-state index contributed by atoms with van der Waals surface area (Å²) in [5, 5.41) is 2.78. The molecule has 1 aromatic heterocycles. The van der Waals surface area contributed by atoms with Gasteiger partial charge >= 0.3 is 0 Å². The number of amides is 1. The molecular weight excluding hydrogens is 323 g/mol. The van der Waals surface area contributed by atoms with Crippen molar-refractivity contribution in [3.63, 3.8) is 0 Å². The summed E-state index contributed by atoms with van der Waals surface area (Å²) < 4.78 is 24.1. The van der Waals surface area contributed by atoms with Crippen molar-refractivity contribution in [3.05, 3.63) is 54.0 Å². The SMILES string of the molecule is O=C(NCCOc1ccc(F)cc1)c1ccnc(OC2CCCC2)c1. The fourth-order valence-electron chi connectivity index (χ4n) is 2.76. The van der Waals surface area contributed by atoms with Crippen molar-refractivity contribution in [2.45, 2.75) is 31.8 Å². The van der Waals surface area contributed by atoms with Crippen LogP contribution in [-0.2, 0) is 0 Å². The second kappa shape index (κ2) is 8.46. The fourth-order valence-corrected chi connectivity index (χ4v) is 2.76. The van der Waals surface area contributed by atoms with Gasteiger partial charge in [-0.2, -0.15) is 0 Å². The predicted octanol–water partition coefficient (Wildman–Crippen LogP) is 3.35. The number of rotatable bonds is 7. The van der Waals surface area contributed by atoms with E-state index in [0.29, 0.717) is 30.3 Å². The van der Waals surface area contributed by atoms with Crippen molar-refractivity contribution in [1.29, 1.82) is 0 Å². The first-order valence-corrected chi connectivity index (χ1v) is 8.50. The number of hydrogen-bond acceptors (Lipinski definition) is 4. The zero-order chi connectivity index (χ0) is 17.5. The van der Waals surface area contributed by atoms with Crippen molar-refractivity contribution in [2.24, 2.45) is 0 Å². The molecule has 2 aromatic rings. The van der Waals surface area contributed by atoms with Crippen LogP contribution in [0.2, 0.25) is 0 Å². The lowest BCUT2D eigenvalue weighted by Crippen LogP contribution is -2.28. The number of ether oxygens (including phenoxy) is 2. The number of carbonyl (C=O) groups is 1. The molecule has 132 valence electrons. The monoisotopic (exact) mass is 344 g/mol. The number of nitrogens with one attached hydrogen (secondary N) is 1. The second-order valence-corrected chi connectivity index (χ2v) is 5.97. The molecular formula is C19H21FN2O3. The minimum Gasteiger partial charge on any atom is -0.492 e. The molecule has 1 aliphatic carbocycles. The van der Waals surface area contributed by atoms with Crippen molar-refractivity contribution >= 4 is 5.91 Å². The first-order valence-electron chi connectivity index (χ1n) is 8.50. The summed E-state index contributed by atoms with van der Waals surface area (Å²) in [7, 11) is 0. The van der Waals surface area contributed by atoms with Crippen LogP contribution >= 0.6 is 0 Å². The van der Waals surface area contributed by atoms with Crippen LogP contribution in [0.15, 0.2) is 42.6 Å². The Morgan fingerprint density at radius 2 is 1.96 bits per heavy atom. The zero-order valence-electron chi connectivity index (χ0n) is 13.9. The Bertz CT molecular complexity index is 700. The first-order chi connectivity index (χ1) is 12.2. The van der Waals surface area contributed by atoms with Gasteiger partial charge in [0, 0.05) is 17.8 Å². The van der Waals surface area contributed by atoms with E-state index in [1.165, 1.54) is 25.0 Å². The number of carbonyl (C=O) groups excluding carboxylic acids is 1. The Kier molecular flexibility index (Phi) is 5.82. The maximum Gasteiger partial charge on any atom is 0.251 e. The normalized spacial score (nSPS) is 14.3. The fraction of sp³-hybridized carbons (Fsp3) is 0.368. The molecule has 1 fully saturated rings. The number of halogens is 1. The molecule has 3 rings (SSSR count). The molecule has 1 aliphatic rings. The summed E-state index contributed by atoms with van der Waals surface area (Å²) in [6, 6.07) is 9.07. The van der Waals surface area contributed by atoms with Gasteiger partial charge in [-0.05, 0) is 56.0 Å². The number of pyridine rings is 1. The molecule has 1 heterocycles. The molecule has 0 bridgehead atoms. The maximum atomic E-state index is 12.8. The van der Waals surface area contributed by atoms with Crippen LogP contribution < -0.4 is 14.8 Å². The molecule has 25 heavy (non-hydrogen) atoms. The maximum absolute atomic E-state index is 12.8. The molecule has 0 radical (unpaired) electrons. The van der Waals surface area contributed by atoms with Crippen LogP contribution in [0.3, 0.4) is 0 Å². The molecule has 0 aliphatic heterocycles. The molecule has 0 atom stereocenters. The van der Waals surface area contributed by atoms with Gasteiger partial charge in [0.15, 0.2) is 0 Å². The Hall–Kier alpha value is -2.63. The van der Waals surface area contributed by atoms with E-state index in [9.17, 15) is 9.18 Å². The molecule has 1 amide bonds. The summed E-state index contributed by atoms with van der Waals surface area (Å²) >= 11 is 0. The average molecular weight is 344 g/mol. The Balaban J connectivity index is 1.45. The molecule has 6 heteroatoms. The lowest BCUT2D eigenvalue weighted by atomic mass is 10.2. The van der Waals surface area contributed by atoms with Gasteiger partial charge < -0.3 is 14.8 Å². The quantitative estimate of drug-likeness (QED) is 0.783. The molecule has 1 aromatic carbocycles. The number of hydrogen-bond donors (Lipinski definition) is 1. The molecule has 1 saturated carbocycles. The molecule has 0 saturated heterocycles. The minimum atomic E-state index is -0.311. The highest BCUT2D eigenvalue weighted by molar-refractivity contribution is 5.94. The minimum absolute atomic E-state index is 0.204. The van der Waals surface area contributed by atoms with Gasteiger partial charge in [-0.25, -0.2) is 9.37 Å². The van der Waals surface area contributed by atoms with Crippen LogP contribution in [0.1, 0.15) is 36.0 Å². The summed E-state index contributed by atoms with van der Waals surface area (Å²) in [5.41, 5.74) is 0.504. The van der Waals surface area contributed by atoms with E-state index in [0.717, 1.165) is 12.8 Å². The second-order valence-electron chi connectivity index (χ2n) is 5.97. The van der Waals surface area contributed by atoms with Crippen LogP contribution in [-0.4, -0.2) is 30.1 Å². The molecule has 0 unspecified atom stereocenters. The number of aromatic nitrogens is 1. The Labute approximate surface area is 146 Å². The molecule has 1 N–H and O–H groups in total. The highest BCUT2D eigenvalue weighted by Gasteiger charge is 2.17. The topological polar surface area (TPSA) is 60.5 Å². The number of nitrogens with zero attached hydrogens (tertiary/aromatic N) is 1. The van der Waals surface area contributed by atoms with Crippen molar-refractivity contribution < 1.29 is 18.7 Å². The Morgan fingerprint density at radius 1 is 1.20 bits per heavy atom. The van der Waals surface area contributed by atoms with Gasteiger partial charge in [0.05, 0.1) is 6.54 Å². The van der Waals surface area contributed by atoms with E-state index in [1.54, 1.807) is 30.5 Å². The zero-order valence-corrected chi connectivity index (χ0v) is 13.9. The van der Waals surface area contributed by atoms with E-state index >= 15 is 0 Å². The largest absolute Gasteiger partial charge is 0.492 e. The van der Waals surface area contributed by atoms with E-state index in [4.69, 9.17) is 9.47 Å². The summed E-state index contributed by atoms with van der Waals surface area (Å²) in [6.07, 6.45) is 6.22. The van der Waals surface area contributed by atoms with Crippen LogP contribution in [0, 0.1) is 5.82 Å². The average Bonchev–Trinajstić information content (AvgIpc) is 3.13. The highest BCUT2D eigenvalue weighted by atomic mass is 19.1. The van der Waals surface area contributed by atoms with Crippen LogP contribution in [0.25, 0.3) is 0 Å². The highest BCUT2D eigenvalue weighted by Crippen LogP contribution is 2.23. The summed E-state index contributed by atoms with van der Waals surface area (Å²) in [6.45, 7) is 0.644. The van der Waals surface area contributed by atoms with Crippen LogP contribution in [0.4, 0.5) is 4.39 Å². The third-order valence-electron chi connectivity index (χ3n) is 4.06. The van der Waals surface area contributed by atoms with Gasteiger partial charge in [-0.15, -0.1) is 0 Å². The smallest absolute Gasteiger partial charge is 0.251 e. The summed E-state index contributed by atoms with van der Waals surface area (Å²) in [4.78, 5) is 16.4. The molecule has 5 nitrogen and oxygen atoms in total. The van der Waals surface area contributed by atoms with Crippen LogP contribution in [0.5, 0.6) is 11.6 Å². The third kappa shape index (κ3) is 5.17. The lowest BCUT2D eigenvalue weighted by Gasteiger charge is -2.12. The lowest BCUT2D eigenvalue weighted by molar-refractivity contribution is 0.0945. The number of benzene rings is 1. The standard InChI is InChI=1S/C19H21FN2O3/c20-15-5-7-16(8-6-15)24-12-11-22-19(23)14-9-10-21-18(13-14)25-17-3-1-2-4-17/h5-10,13,17H,1-4,11-12H2,(H,22,23). The van der Waals surface area contributed by atoms with Gasteiger partial charge in [0.1, 0.15) is 24.3 Å². The van der Waals surface area contributed by atoms with E-state index < -0.39 is 0 Å². The van der Waals surface area contributed by atoms with Crippen molar-refractivity contribution in [1.82, 2.24) is 10.3 Å². The van der Waals surface area contributed by atoms with E-state index in [2.05, 4.69) is 10.3 Å². The van der Waals surface area contributed by atoms with E-state index in [1.807, 2.05) is 0 Å². The van der Waals surface area contributed by atoms with Crippen molar-refractivity contribution in [2.75, 3.05) is 13.2 Å². The van der Waals surface area contributed by atoms with Gasteiger partial charge in [0.2, 0.25) is 5.88 Å². The van der Waals surface area contributed by atoms with Gasteiger partial charge in [-0.3, -0.25) is 4.79 Å². The Morgan fingerprint density at radius 3 is 2.72 bits per heavy atom. The van der Waals surface area contributed by atoms with Gasteiger partial charge in [0.25, 0.3) is 5.91 Å². The third-order valence-corrected chi connectivity index (χ3v) is 4.06.